The van der Waals surface area contributed by atoms with Crippen LogP contribution < -0.4 is 14.8 Å². The highest BCUT2D eigenvalue weighted by molar-refractivity contribution is 7.86. The van der Waals surface area contributed by atoms with E-state index >= 15 is 0 Å². The van der Waals surface area contributed by atoms with E-state index in [1.54, 1.807) is 20.8 Å². The molecule has 12 heteroatoms. The van der Waals surface area contributed by atoms with Crippen molar-refractivity contribution < 1.29 is 41.1 Å². The van der Waals surface area contributed by atoms with Gasteiger partial charge in [0.1, 0.15) is 24.7 Å². The van der Waals surface area contributed by atoms with Crippen LogP contribution in [0.5, 0.6) is 11.5 Å². The molecule has 0 atom stereocenters. The van der Waals surface area contributed by atoms with Gasteiger partial charge in [-0.15, -0.1) is 6.42 Å². The zero-order valence-corrected chi connectivity index (χ0v) is 38.8. The van der Waals surface area contributed by atoms with Gasteiger partial charge in [0.05, 0.1) is 51.5 Å². The Hall–Kier alpha value is -3.44. The second kappa shape index (κ2) is 27.3. The molecule has 2 aromatic rings. The number of nitrogens with one attached hydrogen (secondary N) is 1. The highest BCUT2D eigenvalue weighted by Crippen LogP contribution is 2.33. The molecule has 1 saturated heterocycles. The number of rotatable bonds is 19. The van der Waals surface area contributed by atoms with E-state index in [2.05, 4.69) is 105 Å². The highest BCUT2D eigenvalue weighted by atomic mass is 32.2. The van der Waals surface area contributed by atoms with E-state index < -0.39 is 15.7 Å². The van der Waals surface area contributed by atoms with Crippen molar-refractivity contribution in [1.29, 1.82) is 0 Å². The SMILES string of the molecule is C#CCOCCOCCOCCOc1ccc(C(C)(C)c2ccc(OCCCC)cc2)cc1.C=CC(=O)NC(C)(C)C.CC(C)(C)N1CC1.CC(C)(C)OS(C)(=O)=O. The molecule has 11 nitrogen and oxygen atoms in total. The lowest BCUT2D eigenvalue weighted by atomic mass is 9.78. The van der Waals surface area contributed by atoms with Gasteiger partial charge in [-0.1, -0.05) is 64.0 Å². The monoisotopic (exact) mass is 833 g/mol. The smallest absolute Gasteiger partial charge is 0.264 e. The maximum Gasteiger partial charge on any atom is 0.264 e. The lowest BCUT2D eigenvalue weighted by Gasteiger charge is -2.26. The van der Waals surface area contributed by atoms with Gasteiger partial charge in [-0.05, 0) is 110 Å². The number of unbranched alkanes of at least 4 members (excludes halogenated alkanes) is 1. The summed E-state index contributed by atoms with van der Waals surface area (Å²) in [5, 5.41) is 2.71. The van der Waals surface area contributed by atoms with Crippen molar-refractivity contribution in [2.45, 2.75) is 118 Å². The number of carbonyl (C=O) groups excluding carboxylic acids is 1. The third-order valence-electron chi connectivity index (χ3n) is 7.83. The number of hydrogen-bond acceptors (Lipinski definition) is 10. The van der Waals surface area contributed by atoms with Gasteiger partial charge in [0.25, 0.3) is 10.1 Å². The van der Waals surface area contributed by atoms with Crippen LogP contribution >= 0.6 is 0 Å². The molecule has 1 aliphatic heterocycles. The van der Waals surface area contributed by atoms with Gasteiger partial charge >= 0.3 is 0 Å². The molecule has 0 spiro atoms. The van der Waals surface area contributed by atoms with Crippen molar-refractivity contribution in [3.63, 3.8) is 0 Å². The van der Waals surface area contributed by atoms with Crippen LogP contribution in [0.1, 0.15) is 107 Å². The molecule has 1 amide bonds. The van der Waals surface area contributed by atoms with E-state index in [9.17, 15) is 13.2 Å². The van der Waals surface area contributed by atoms with Crippen LogP contribution in [-0.2, 0) is 38.7 Å². The summed E-state index contributed by atoms with van der Waals surface area (Å²) < 4.78 is 53.1. The lowest BCUT2D eigenvalue weighted by molar-refractivity contribution is -0.117. The van der Waals surface area contributed by atoms with Crippen LogP contribution in [0.3, 0.4) is 0 Å². The van der Waals surface area contributed by atoms with Crippen molar-refractivity contribution in [3.05, 3.63) is 72.3 Å². The largest absolute Gasteiger partial charge is 0.494 e. The predicted molar refractivity (Wildman–Crippen MR) is 237 cm³/mol. The van der Waals surface area contributed by atoms with E-state index in [0.29, 0.717) is 51.8 Å². The van der Waals surface area contributed by atoms with Gasteiger partial charge in [0.2, 0.25) is 5.91 Å². The predicted octanol–water partition coefficient (Wildman–Crippen LogP) is 8.20. The molecular weight excluding hydrogens is 757 g/mol. The summed E-state index contributed by atoms with van der Waals surface area (Å²) in [6.45, 7) is 34.3. The van der Waals surface area contributed by atoms with Crippen LogP contribution in [0.25, 0.3) is 0 Å². The number of carbonyl (C=O) groups is 1. The summed E-state index contributed by atoms with van der Waals surface area (Å²) in [4.78, 5) is 13.0. The second-order valence-corrected chi connectivity index (χ2v) is 18.8. The second-order valence-electron chi connectivity index (χ2n) is 17.2. The number of hydrogen-bond donors (Lipinski definition) is 1. The third-order valence-corrected chi connectivity index (χ3v) is 8.63. The molecule has 0 bridgehead atoms. The Balaban J connectivity index is 0.00000104. The molecule has 0 aliphatic carbocycles. The molecule has 3 rings (SSSR count). The molecule has 0 unspecified atom stereocenters. The van der Waals surface area contributed by atoms with Crippen LogP contribution in [0.4, 0.5) is 0 Å². The van der Waals surface area contributed by atoms with E-state index in [0.717, 1.165) is 37.2 Å². The van der Waals surface area contributed by atoms with Gasteiger partial charge in [0, 0.05) is 29.6 Å². The minimum atomic E-state index is -3.28. The van der Waals surface area contributed by atoms with Crippen molar-refractivity contribution in [3.8, 4) is 23.8 Å². The zero-order valence-electron chi connectivity index (χ0n) is 38.0. The normalized spacial score (nSPS) is 12.9. The van der Waals surface area contributed by atoms with Crippen LogP contribution in [-0.4, -0.2) is 108 Å². The Morgan fingerprint density at radius 3 is 1.48 bits per heavy atom. The third kappa shape index (κ3) is 29.7. The maximum atomic E-state index is 10.6. The summed E-state index contributed by atoms with van der Waals surface area (Å²) in [5.41, 5.74) is 2.06. The molecule has 58 heavy (non-hydrogen) atoms. The number of ether oxygens (including phenoxy) is 5. The van der Waals surface area contributed by atoms with Gasteiger partial charge in [-0.3, -0.25) is 13.9 Å². The summed E-state index contributed by atoms with van der Waals surface area (Å²) >= 11 is 0. The number of nitrogens with zero attached hydrogens (tertiary/aromatic N) is 1. The summed E-state index contributed by atoms with van der Waals surface area (Å²) in [6, 6.07) is 16.7. The molecule has 1 N–H and O–H groups in total. The van der Waals surface area contributed by atoms with E-state index in [-0.39, 0.29) is 16.9 Å². The fourth-order valence-electron chi connectivity index (χ4n) is 4.82. The number of benzene rings is 2. The van der Waals surface area contributed by atoms with Crippen LogP contribution in [0.15, 0.2) is 61.2 Å². The molecular formula is C46H76N2O9S. The first-order chi connectivity index (χ1) is 26.8. The zero-order chi connectivity index (χ0) is 44.5. The highest BCUT2D eigenvalue weighted by Gasteiger charge is 2.29. The molecule has 2 aromatic carbocycles. The molecule has 0 saturated carbocycles. The van der Waals surface area contributed by atoms with Gasteiger partial charge < -0.3 is 29.0 Å². The van der Waals surface area contributed by atoms with E-state index in [1.807, 2.05) is 32.9 Å². The Morgan fingerprint density at radius 2 is 1.19 bits per heavy atom. The Morgan fingerprint density at radius 1 is 0.759 bits per heavy atom. The molecule has 0 aromatic heterocycles. The van der Waals surface area contributed by atoms with E-state index in [4.69, 9.17) is 30.1 Å². The van der Waals surface area contributed by atoms with Gasteiger partial charge in [-0.2, -0.15) is 8.42 Å². The number of amides is 1. The molecule has 1 fully saturated rings. The average Bonchev–Trinajstić information content (AvgIpc) is 3.97. The van der Waals surface area contributed by atoms with Gasteiger partial charge in [-0.25, -0.2) is 0 Å². The van der Waals surface area contributed by atoms with Crippen molar-refractivity contribution in [2.75, 3.05) is 72.2 Å². The van der Waals surface area contributed by atoms with Crippen LogP contribution in [0.2, 0.25) is 0 Å². The van der Waals surface area contributed by atoms with Crippen molar-refractivity contribution in [1.82, 2.24) is 10.2 Å². The van der Waals surface area contributed by atoms with Crippen molar-refractivity contribution >= 4 is 16.0 Å². The first-order valence-electron chi connectivity index (χ1n) is 20.1. The Labute approximate surface area is 352 Å². The average molecular weight is 833 g/mol. The first-order valence-corrected chi connectivity index (χ1v) is 21.9. The summed E-state index contributed by atoms with van der Waals surface area (Å²) in [6.07, 6.45) is 9.62. The fraction of sp³-hybridized carbons (Fsp3) is 0.630. The molecule has 330 valence electrons. The first kappa shape index (κ1) is 54.6. The van der Waals surface area contributed by atoms with Gasteiger partial charge in [0.15, 0.2) is 0 Å². The lowest BCUT2D eigenvalue weighted by Crippen LogP contribution is -2.39. The Bertz CT molecular complexity index is 1560. The summed E-state index contributed by atoms with van der Waals surface area (Å²) in [7, 11) is -3.28. The van der Waals surface area contributed by atoms with Crippen LogP contribution in [0, 0.1) is 12.3 Å². The summed E-state index contributed by atoms with van der Waals surface area (Å²) in [5.74, 6) is 4.05. The number of terminal acetylenes is 1. The standard InChI is InChI=1S/C28H38O5.C7H13NO.C6H13N.C5H12O3S/c1-5-7-17-32-26-12-8-24(9-13-26)28(3,4)25-10-14-27(15-11-25)33-23-22-31-21-20-30-19-18-29-16-6-2;1-5-6(9)8-7(2,3)4;1-6(2,3)7-4-5-7;1-5(2,3)8-9(4,6)7/h2,8-15H,5,7,16-23H2,1,3-4H3;5H,1H2,2-4H3,(H,8,9);4-5H2,1-3H3;1-4H3. The quantitative estimate of drug-likeness (QED) is 0.0488. The molecule has 1 aliphatic rings. The Kier molecular flexibility index (Phi) is 25.7. The van der Waals surface area contributed by atoms with Crippen molar-refractivity contribution in [2.24, 2.45) is 0 Å². The molecule has 1 heterocycles. The van der Waals surface area contributed by atoms with E-state index in [1.165, 1.54) is 30.3 Å². The minimum Gasteiger partial charge on any atom is -0.494 e. The topological polar surface area (TPSA) is 122 Å². The maximum absolute atomic E-state index is 10.6. The molecule has 0 radical (unpaired) electrons. The minimum absolute atomic E-state index is 0.116. The fourth-order valence-corrected chi connectivity index (χ4v) is 5.73.